The smallest absolute Gasteiger partial charge is 0.124 e. The van der Waals surface area contributed by atoms with Gasteiger partial charge in [0.25, 0.3) is 0 Å². The first kappa shape index (κ1) is 11.9. The van der Waals surface area contributed by atoms with Gasteiger partial charge in [0.1, 0.15) is 5.75 Å². The van der Waals surface area contributed by atoms with Crippen LogP contribution < -0.4 is 10.5 Å². The summed E-state index contributed by atoms with van der Waals surface area (Å²) in [5.41, 5.74) is 8.03. The van der Waals surface area contributed by atoms with E-state index in [1.165, 1.54) is 0 Å². The number of rotatable bonds is 3. The van der Waals surface area contributed by atoms with Crippen LogP contribution in [0.4, 0.5) is 0 Å². The number of aromatic nitrogens is 1. The molecule has 0 aliphatic carbocycles. The fraction of sp³-hybridized carbons (Fsp3) is 0.154. The SMILES string of the molecule is COc1ccc(Cl)cc1C(N)c1ccncc1. The van der Waals surface area contributed by atoms with Crippen molar-refractivity contribution >= 4 is 11.6 Å². The highest BCUT2D eigenvalue weighted by Crippen LogP contribution is 2.30. The summed E-state index contributed by atoms with van der Waals surface area (Å²) in [6, 6.07) is 8.91. The van der Waals surface area contributed by atoms with Gasteiger partial charge in [0.2, 0.25) is 0 Å². The van der Waals surface area contributed by atoms with Crippen LogP contribution in [0.1, 0.15) is 17.2 Å². The molecule has 2 rings (SSSR count). The molecule has 1 atom stereocenters. The van der Waals surface area contributed by atoms with E-state index in [1.807, 2.05) is 24.3 Å². The fourth-order valence-corrected chi connectivity index (χ4v) is 1.88. The van der Waals surface area contributed by atoms with Gasteiger partial charge in [-0.1, -0.05) is 11.6 Å². The van der Waals surface area contributed by atoms with Crippen LogP contribution in [0.3, 0.4) is 0 Å². The lowest BCUT2D eigenvalue weighted by molar-refractivity contribution is 0.408. The number of nitrogens with zero attached hydrogens (tertiary/aromatic N) is 1. The average Bonchev–Trinajstić information content (AvgIpc) is 2.39. The summed E-state index contributed by atoms with van der Waals surface area (Å²) < 4.78 is 5.29. The molecule has 2 N–H and O–H groups in total. The van der Waals surface area contributed by atoms with Crippen molar-refractivity contribution in [1.82, 2.24) is 4.98 Å². The van der Waals surface area contributed by atoms with E-state index in [1.54, 1.807) is 25.6 Å². The summed E-state index contributed by atoms with van der Waals surface area (Å²) >= 11 is 5.98. The molecule has 0 bridgehead atoms. The van der Waals surface area contributed by atoms with Gasteiger partial charge in [-0.15, -0.1) is 0 Å². The first-order chi connectivity index (χ1) is 8.22. The Balaban J connectivity index is 2.43. The number of hydrogen-bond donors (Lipinski definition) is 1. The Kier molecular flexibility index (Phi) is 3.61. The van der Waals surface area contributed by atoms with Gasteiger partial charge in [-0.25, -0.2) is 0 Å². The van der Waals surface area contributed by atoms with Crippen molar-refractivity contribution in [3.05, 3.63) is 58.9 Å². The predicted octanol–water partition coefficient (Wildman–Crippen LogP) is 2.79. The minimum atomic E-state index is -0.272. The number of hydrogen-bond acceptors (Lipinski definition) is 3. The summed E-state index contributed by atoms with van der Waals surface area (Å²) in [5, 5.41) is 0.644. The van der Waals surface area contributed by atoms with Gasteiger partial charge < -0.3 is 10.5 Å². The first-order valence-corrected chi connectivity index (χ1v) is 5.59. The molecule has 0 fully saturated rings. The molecule has 1 aromatic carbocycles. The molecule has 1 unspecified atom stereocenters. The number of nitrogens with two attached hydrogens (primary N) is 1. The van der Waals surface area contributed by atoms with Gasteiger partial charge in [0.15, 0.2) is 0 Å². The molecular weight excluding hydrogens is 236 g/mol. The Hall–Kier alpha value is -1.58. The molecule has 1 heterocycles. The highest BCUT2D eigenvalue weighted by Gasteiger charge is 2.14. The van der Waals surface area contributed by atoms with Crippen LogP contribution in [0.25, 0.3) is 0 Å². The maximum atomic E-state index is 6.20. The molecule has 0 saturated heterocycles. The molecule has 0 spiro atoms. The lowest BCUT2D eigenvalue weighted by Gasteiger charge is -2.16. The Labute approximate surface area is 105 Å². The maximum absolute atomic E-state index is 6.20. The largest absolute Gasteiger partial charge is 0.496 e. The molecule has 0 aliphatic rings. The van der Waals surface area contributed by atoms with Crippen LogP contribution in [0, 0.1) is 0 Å². The van der Waals surface area contributed by atoms with Crippen molar-refractivity contribution in [3.8, 4) is 5.75 Å². The summed E-state index contributed by atoms with van der Waals surface area (Å²) in [5.74, 6) is 0.735. The third kappa shape index (κ3) is 2.57. The predicted molar refractivity (Wildman–Crippen MR) is 68.3 cm³/mol. The highest BCUT2D eigenvalue weighted by molar-refractivity contribution is 6.30. The molecule has 88 valence electrons. The van der Waals surface area contributed by atoms with E-state index < -0.39 is 0 Å². The third-order valence-electron chi connectivity index (χ3n) is 2.59. The maximum Gasteiger partial charge on any atom is 0.124 e. The summed E-state index contributed by atoms with van der Waals surface area (Å²) in [7, 11) is 1.62. The van der Waals surface area contributed by atoms with E-state index in [0.29, 0.717) is 5.02 Å². The Morgan fingerprint density at radius 1 is 1.24 bits per heavy atom. The Morgan fingerprint density at radius 2 is 1.94 bits per heavy atom. The second-order valence-corrected chi connectivity index (χ2v) is 4.08. The van der Waals surface area contributed by atoms with E-state index in [4.69, 9.17) is 22.1 Å². The Morgan fingerprint density at radius 3 is 2.59 bits per heavy atom. The number of methoxy groups -OCH3 is 1. The Bertz CT molecular complexity index is 502. The molecule has 0 amide bonds. The van der Waals surface area contributed by atoms with E-state index in [0.717, 1.165) is 16.9 Å². The zero-order chi connectivity index (χ0) is 12.3. The van der Waals surface area contributed by atoms with Crippen LogP contribution in [-0.4, -0.2) is 12.1 Å². The minimum Gasteiger partial charge on any atom is -0.496 e. The van der Waals surface area contributed by atoms with Crippen molar-refractivity contribution in [1.29, 1.82) is 0 Å². The van der Waals surface area contributed by atoms with E-state index in [-0.39, 0.29) is 6.04 Å². The van der Waals surface area contributed by atoms with E-state index in [9.17, 15) is 0 Å². The molecule has 4 heteroatoms. The molecule has 0 saturated carbocycles. The summed E-state index contributed by atoms with van der Waals surface area (Å²) in [6.45, 7) is 0. The van der Waals surface area contributed by atoms with E-state index >= 15 is 0 Å². The topological polar surface area (TPSA) is 48.1 Å². The number of benzene rings is 1. The van der Waals surface area contributed by atoms with Gasteiger partial charge in [-0.2, -0.15) is 0 Å². The highest BCUT2D eigenvalue weighted by atomic mass is 35.5. The molecule has 0 aliphatic heterocycles. The second-order valence-electron chi connectivity index (χ2n) is 3.64. The van der Waals surface area contributed by atoms with Gasteiger partial charge in [-0.05, 0) is 35.9 Å². The van der Waals surface area contributed by atoms with E-state index in [2.05, 4.69) is 4.98 Å². The van der Waals surface area contributed by atoms with Gasteiger partial charge in [0.05, 0.1) is 13.2 Å². The lowest BCUT2D eigenvalue weighted by atomic mass is 10.00. The quantitative estimate of drug-likeness (QED) is 0.909. The van der Waals surface area contributed by atoms with Crippen molar-refractivity contribution in [3.63, 3.8) is 0 Å². The molecule has 1 aromatic heterocycles. The van der Waals surface area contributed by atoms with Crippen LogP contribution in [0.2, 0.25) is 5.02 Å². The number of pyridine rings is 1. The lowest BCUT2D eigenvalue weighted by Crippen LogP contribution is -2.13. The number of halogens is 1. The summed E-state index contributed by atoms with van der Waals surface area (Å²) in [6.07, 6.45) is 3.43. The monoisotopic (exact) mass is 248 g/mol. The molecule has 17 heavy (non-hydrogen) atoms. The standard InChI is InChI=1S/C13H13ClN2O/c1-17-12-3-2-10(14)8-11(12)13(15)9-4-6-16-7-5-9/h2-8,13H,15H2,1H3. The van der Waals surface area contributed by atoms with Crippen molar-refractivity contribution in [2.24, 2.45) is 5.73 Å². The van der Waals surface area contributed by atoms with Gasteiger partial charge in [0, 0.05) is 23.0 Å². The molecule has 0 radical (unpaired) electrons. The molecule has 3 nitrogen and oxygen atoms in total. The average molecular weight is 249 g/mol. The van der Waals surface area contributed by atoms with Gasteiger partial charge >= 0.3 is 0 Å². The minimum absolute atomic E-state index is 0.272. The van der Waals surface area contributed by atoms with Crippen LogP contribution in [0.5, 0.6) is 5.75 Å². The second kappa shape index (κ2) is 5.17. The normalized spacial score (nSPS) is 12.2. The fourth-order valence-electron chi connectivity index (χ4n) is 1.70. The van der Waals surface area contributed by atoms with Crippen LogP contribution in [-0.2, 0) is 0 Å². The third-order valence-corrected chi connectivity index (χ3v) is 2.83. The number of ether oxygens (including phenoxy) is 1. The molecular formula is C13H13ClN2O. The molecule has 2 aromatic rings. The van der Waals surface area contributed by atoms with Crippen LogP contribution >= 0.6 is 11.6 Å². The first-order valence-electron chi connectivity index (χ1n) is 5.21. The summed E-state index contributed by atoms with van der Waals surface area (Å²) in [4.78, 5) is 3.97. The van der Waals surface area contributed by atoms with Crippen molar-refractivity contribution in [2.75, 3.05) is 7.11 Å². The van der Waals surface area contributed by atoms with Crippen molar-refractivity contribution in [2.45, 2.75) is 6.04 Å². The van der Waals surface area contributed by atoms with Crippen molar-refractivity contribution < 1.29 is 4.74 Å². The zero-order valence-electron chi connectivity index (χ0n) is 9.43. The zero-order valence-corrected chi connectivity index (χ0v) is 10.2. The van der Waals surface area contributed by atoms with Gasteiger partial charge in [-0.3, -0.25) is 4.98 Å². The van der Waals surface area contributed by atoms with Crippen LogP contribution in [0.15, 0.2) is 42.7 Å².